The van der Waals surface area contributed by atoms with Crippen LogP contribution in [0.3, 0.4) is 0 Å². The SMILES string of the molecule is NC(=O)CN1C(=O)S/C(=C\c2ccc(-c3ccccc3C(=O)O)o2)C1=O. The number of nitrogens with two attached hydrogens (primary N) is 1. The van der Waals surface area contributed by atoms with Gasteiger partial charge in [0.2, 0.25) is 5.91 Å². The summed E-state index contributed by atoms with van der Waals surface area (Å²) in [5.74, 6) is -1.94. The summed E-state index contributed by atoms with van der Waals surface area (Å²) in [7, 11) is 0. The number of furan rings is 1. The van der Waals surface area contributed by atoms with Crippen molar-refractivity contribution in [1.29, 1.82) is 0 Å². The van der Waals surface area contributed by atoms with Crippen LogP contribution in [0, 0.1) is 0 Å². The quantitative estimate of drug-likeness (QED) is 0.769. The number of aromatic carboxylic acids is 1. The van der Waals surface area contributed by atoms with E-state index in [0.717, 1.165) is 4.90 Å². The molecule has 1 saturated heterocycles. The number of carboxylic acids is 1. The number of primary amides is 1. The monoisotopic (exact) mass is 372 g/mol. The summed E-state index contributed by atoms with van der Waals surface area (Å²) >= 11 is 0.668. The van der Waals surface area contributed by atoms with Gasteiger partial charge in [0.05, 0.1) is 10.5 Å². The lowest BCUT2D eigenvalue weighted by Crippen LogP contribution is -2.36. The van der Waals surface area contributed by atoms with Crippen molar-refractivity contribution >= 4 is 40.9 Å². The third kappa shape index (κ3) is 3.38. The van der Waals surface area contributed by atoms with Crippen LogP contribution in [0.4, 0.5) is 4.79 Å². The highest BCUT2D eigenvalue weighted by molar-refractivity contribution is 8.18. The number of rotatable bonds is 5. The molecule has 2 aromatic rings. The number of thioether (sulfide) groups is 1. The van der Waals surface area contributed by atoms with Crippen molar-refractivity contribution in [1.82, 2.24) is 4.90 Å². The average molecular weight is 372 g/mol. The van der Waals surface area contributed by atoms with Gasteiger partial charge in [-0.05, 0) is 30.0 Å². The number of carbonyl (C=O) groups excluding carboxylic acids is 3. The Morgan fingerprint density at radius 1 is 1.19 bits per heavy atom. The number of amides is 3. The normalized spacial score (nSPS) is 15.7. The van der Waals surface area contributed by atoms with Gasteiger partial charge in [-0.3, -0.25) is 19.3 Å². The Morgan fingerprint density at radius 3 is 2.62 bits per heavy atom. The first-order valence-corrected chi connectivity index (χ1v) is 8.14. The molecule has 0 radical (unpaired) electrons. The largest absolute Gasteiger partial charge is 0.478 e. The standard InChI is InChI=1S/C17H12N2O6S/c18-14(20)8-19-15(21)13(26-17(19)24)7-9-5-6-12(25-9)10-3-1-2-4-11(10)16(22)23/h1-7H,8H2,(H2,18,20)(H,22,23)/b13-7-. The molecule has 1 fully saturated rings. The molecule has 1 aromatic heterocycles. The van der Waals surface area contributed by atoms with E-state index < -0.39 is 29.6 Å². The number of hydrogen-bond acceptors (Lipinski definition) is 6. The molecular weight excluding hydrogens is 360 g/mol. The van der Waals surface area contributed by atoms with Crippen LogP contribution in [-0.2, 0) is 9.59 Å². The predicted molar refractivity (Wildman–Crippen MR) is 93.0 cm³/mol. The van der Waals surface area contributed by atoms with E-state index >= 15 is 0 Å². The molecule has 0 saturated carbocycles. The fraction of sp³-hybridized carbons (Fsp3) is 0.0588. The number of nitrogens with zero attached hydrogens (tertiary/aromatic N) is 1. The molecule has 1 aliphatic heterocycles. The van der Waals surface area contributed by atoms with Crippen LogP contribution in [0.2, 0.25) is 0 Å². The molecule has 1 aliphatic rings. The molecule has 0 atom stereocenters. The Balaban J connectivity index is 1.89. The number of carbonyl (C=O) groups is 4. The number of carboxylic acid groups (broad SMARTS) is 1. The molecule has 8 nitrogen and oxygen atoms in total. The molecule has 0 aliphatic carbocycles. The highest BCUT2D eigenvalue weighted by atomic mass is 32.2. The summed E-state index contributed by atoms with van der Waals surface area (Å²) in [5, 5.41) is 8.65. The highest BCUT2D eigenvalue weighted by Gasteiger charge is 2.36. The second kappa shape index (κ2) is 6.89. The third-order valence-electron chi connectivity index (χ3n) is 3.51. The lowest BCUT2D eigenvalue weighted by Gasteiger charge is -2.08. The molecule has 0 spiro atoms. The van der Waals surface area contributed by atoms with Crippen LogP contribution in [0.5, 0.6) is 0 Å². The molecule has 132 valence electrons. The van der Waals surface area contributed by atoms with Gasteiger partial charge in [-0.2, -0.15) is 0 Å². The maximum Gasteiger partial charge on any atom is 0.336 e. The maximum atomic E-state index is 12.2. The fourth-order valence-corrected chi connectivity index (χ4v) is 3.20. The fourth-order valence-electron chi connectivity index (χ4n) is 2.38. The number of hydrogen-bond donors (Lipinski definition) is 2. The zero-order valence-corrected chi connectivity index (χ0v) is 14.0. The maximum absolute atomic E-state index is 12.2. The van der Waals surface area contributed by atoms with Crippen molar-refractivity contribution in [2.45, 2.75) is 0 Å². The molecule has 3 rings (SSSR count). The lowest BCUT2D eigenvalue weighted by atomic mass is 10.1. The molecule has 0 unspecified atom stereocenters. The van der Waals surface area contributed by atoms with Gasteiger partial charge >= 0.3 is 5.97 Å². The minimum absolute atomic E-state index is 0.0789. The van der Waals surface area contributed by atoms with Crippen molar-refractivity contribution in [3.05, 3.63) is 52.6 Å². The summed E-state index contributed by atoms with van der Waals surface area (Å²) in [4.78, 5) is 47.0. The minimum atomic E-state index is -1.09. The van der Waals surface area contributed by atoms with E-state index in [2.05, 4.69) is 0 Å². The zero-order chi connectivity index (χ0) is 18.8. The molecular formula is C17H12N2O6S. The van der Waals surface area contributed by atoms with E-state index in [1.165, 1.54) is 12.1 Å². The average Bonchev–Trinajstić information content (AvgIpc) is 3.15. The van der Waals surface area contributed by atoms with Gasteiger partial charge in [0, 0.05) is 11.6 Å². The highest BCUT2D eigenvalue weighted by Crippen LogP contribution is 2.33. The Bertz CT molecular complexity index is 962. The Labute approximate surface area is 151 Å². The molecule has 3 N–H and O–H groups in total. The smallest absolute Gasteiger partial charge is 0.336 e. The lowest BCUT2D eigenvalue weighted by molar-refractivity contribution is -0.127. The predicted octanol–water partition coefficient (Wildman–Crippen LogP) is 2.17. The molecule has 1 aromatic carbocycles. The van der Waals surface area contributed by atoms with E-state index in [1.54, 1.807) is 30.3 Å². The second-order valence-corrected chi connectivity index (χ2v) is 6.28. The third-order valence-corrected chi connectivity index (χ3v) is 4.42. The molecule has 26 heavy (non-hydrogen) atoms. The first-order chi connectivity index (χ1) is 12.4. The first kappa shape index (κ1) is 17.5. The summed E-state index contributed by atoms with van der Waals surface area (Å²) in [6.45, 7) is -0.489. The van der Waals surface area contributed by atoms with Gasteiger partial charge < -0.3 is 15.3 Å². The topological polar surface area (TPSA) is 131 Å². The van der Waals surface area contributed by atoms with Gasteiger partial charge in [0.1, 0.15) is 18.1 Å². The molecule has 9 heteroatoms. The summed E-state index contributed by atoms with van der Waals surface area (Å²) < 4.78 is 5.60. The van der Waals surface area contributed by atoms with Crippen molar-refractivity contribution in [3.8, 4) is 11.3 Å². The summed E-state index contributed by atoms with van der Waals surface area (Å²) in [6.07, 6.45) is 1.36. The Kier molecular flexibility index (Phi) is 4.63. The van der Waals surface area contributed by atoms with E-state index in [0.29, 0.717) is 23.1 Å². The van der Waals surface area contributed by atoms with E-state index in [1.807, 2.05) is 0 Å². The van der Waals surface area contributed by atoms with Crippen LogP contribution >= 0.6 is 11.8 Å². The van der Waals surface area contributed by atoms with Gasteiger partial charge in [0.25, 0.3) is 11.1 Å². The van der Waals surface area contributed by atoms with Crippen LogP contribution in [0.15, 0.2) is 45.7 Å². The van der Waals surface area contributed by atoms with E-state index in [9.17, 15) is 24.3 Å². The van der Waals surface area contributed by atoms with Crippen LogP contribution in [0.1, 0.15) is 16.1 Å². The zero-order valence-electron chi connectivity index (χ0n) is 13.2. The van der Waals surface area contributed by atoms with E-state index in [-0.39, 0.29) is 16.2 Å². The van der Waals surface area contributed by atoms with Crippen molar-refractivity contribution in [2.24, 2.45) is 5.73 Å². The summed E-state index contributed by atoms with van der Waals surface area (Å²) in [5.41, 5.74) is 5.49. The molecule has 3 amide bonds. The second-order valence-electron chi connectivity index (χ2n) is 5.29. The summed E-state index contributed by atoms with van der Waals surface area (Å²) in [6, 6.07) is 9.46. The van der Waals surface area contributed by atoms with Crippen molar-refractivity contribution < 1.29 is 28.7 Å². The Morgan fingerprint density at radius 2 is 1.92 bits per heavy atom. The van der Waals surface area contributed by atoms with Gasteiger partial charge in [0.15, 0.2) is 0 Å². The number of benzene rings is 1. The molecule has 2 heterocycles. The van der Waals surface area contributed by atoms with Crippen LogP contribution in [-0.4, -0.2) is 39.6 Å². The van der Waals surface area contributed by atoms with Crippen molar-refractivity contribution in [3.63, 3.8) is 0 Å². The number of imide groups is 1. The first-order valence-electron chi connectivity index (χ1n) is 7.33. The van der Waals surface area contributed by atoms with Gasteiger partial charge in [-0.25, -0.2) is 4.79 Å². The van der Waals surface area contributed by atoms with E-state index in [4.69, 9.17) is 10.2 Å². The minimum Gasteiger partial charge on any atom is -0.478 e. The van der Waals surface area contributed by atoms with Gasteiger partial charge in [-0.1, -0.05) is 18.2 Å². The van der Waals surface area contributed by atoms with Crippen LogP contribution in [0.25, 0.3) is 17.4 Å². The molecule has 0 bridgehead atoms. The Hall–Kier alpha value is -3.33. The van der Waals surface area contributed by atoms with Crippen LogP contribution < -0.4 is 5.73 Å². The van der Waals surface area contributed by atoms with Crippen molar-refractivity contribution in [2.75, 3.05) is 6.54 Å². The van der Waals surface area contributed by atoms with Gasteiger partial charge in [-0.15, -0.1) is 0 Å².